The van der Waals surface area contributed by atoms with Crippen molar-refractivity contribution in [2.45, 2.75) is 16.8 Å². The molecule has 0 aliphatic heterocycles. The Morgan fingerprint density at radius 3 is 2.79 bits per heavy atom. The molecule has 0 spiro atoms. The van der Waals surface area contributed by atoms with Crippen molar-refractivity contribution in [1.82, 2.24) is 15.0 Å². The second-order valence-corrected chi connectivity index (χ2v) is 5.24. The molecular weight excluding hydrogens is 256 g/mol. The fourth-order valence-corrected chi connectivity index (χ4v) is 2.75. The van der Waals surface area contributed by atoms with Gasteiger partial charge in [0.2, 0.25) is 0 Å². The average molecular weight is 268 g/mol. The number of aromatic nitrogens is 3. The monoisotopic (exact) mass is 268 g/mol. The number of nitrogens with two attached hydrogens (primary N) is 1. The molecule has 3 aromatic rings. The zero-order valence-electron chi connectivity index (χ0n) is 10.4. The van der Waals surface area contributed by atoms with Crippen molar-refractivity contribution < 1.29 is 0 Å². The topological polar surface area (TPSA) is 64.7 Å². The number of fused-ring (bicyclic) bond motifs is 1. The van der Waals surface area contributed by atoms with Crippen LogP contribution in [0.4, 0.5) is 5.69 Å². The highest BCUT2D eigenvalue weighted by molar-refractivity contribution is 7.99. The highest BCUT2D eigenvalue weighted by Crippen LogP contribution is 2.34. The maximum Gasteiger partial charge on any atom is 0.116 e. The van der Waals surface area contributed by atoms with Gasteiger partial charge in [0.25, 0.3) is 0 Å². The first-order valence-corrected chi connectivity index (χ1v) is 6.64. The molecule has 19 heavy (non-hydrogen) atoms. The van der Waals surface area contributed by atoms with Crippen LogP contribution in [-0.4, -0.2) is 15.0 Å². The van der Waals surface area contributed by atoms with Crippen LogP contribution in [0.2, 0.25) is 0 Å². The van der Waals surface area contributed by atoms with Crippen LogP contribution in [-0.2, 0) is 0 Å². The number of rotatable bonds is 2. The highest BCUT2D eigenvalue weighted by atomic mass is 32.2. The Kier molecular flexibility index (Phi) is 3.05. The summed E-state index contributed by atoms with van der Waals surface area (Å²) in [6.07, 6.45) is 5.11. The Morgan fingerprint density at radius 2 is 2.00 bits per heavy atom. The zero-order valence-corrected chi connectivity index (χ0v) is 11.2. The van der Waals surface area contributed by atoms with E-state index in [2.05, 4.69) is 21.0 Å². The third-order valence-electron chi connectivity index (χ3n) is 2.80. The molecule has 0 aliphatic rings. The van der Waals surface area contributed by atoms with E-state index in [0.29, 0.717) is 0 Å². The minimum Gasteiger partial charge on any atom is -0.398 e. The van der Waals surface area contributed by atoms with Gasteiger partial charge in [-0.3, -0.25) is 4.98 Å². The largest absolute Gasteiger partial charge is 0.398 e. The normalized spacial score (nSPS) is 10.8. The van der Waals surface area contributed by atoms with E-state index in [1.54, 1.807) is 24.3 Å². The maximum atomic E-state index is 5.99. The van der Waals surface area contributed by atoms with Crippen molar-refractivity contribution in [3.63, 3.8) is 0 Å². The summed E-state index contributed by atoms with van der Waals surface area (Å²) in [7, 11) is 0. The fourth-order valence-electron chi connectivity index (χ4n) is 1.88. The van der Waals surface area contributed by atoms with Crippen LogP contribution < -0.4 is 5.73 Å². The lowest BCUT2D eigenvalue weighted by Crippen LogP contribution is -1.91. The molecule has 0 atom stereocenters. The van der Waals surface area contributed by atoms with Gasteiger partial charge in [0.1, 0.15) is 11.4 Å². The van der Waals surface area contributed by atoms with Crippen LogP contribution in [0.15, 0.2) is 52.9 Å². The Bertz CT molecular complexity index is 728. The molecule has 94 valence electrons. The van der Waals surface area contributed by atoms with Crippen molar-refractivity contribution in [2.24, 2.45) is 0 Å². The summed E-state index contributed by atoms with van der Waals surface area (Å²) in [4.78, 5) is 13.6. The van der Waals surface area contributed by atoms with Gasteiger partial charge in [0.15, 0.2) is 0 Å². The number of benzene rings is 1. The molecule has 2 heterocycles. The Labute approximate surface area is 115 Å². The van der Waals surface area contributed by atoms with Gasteiger partial charge in [-0.05, 0) is 31.2 Å². The van der Waals surface area contributed by atoms with Crippen LogP contribution in [0, 0.1) is 6.92 Å². The number of hydrogen-bond donors (Lipinski definition) is 1. The molecule has 2 aromatic heterocycles. The smallest absolute Gasteiger partial charge is 0.116 e. The molecule has 3 rings (SSSR count). The highest BCUT2D eigenvalue weighted by Gasteiger charge is 2.07. The molecule has 5 heteroatoms. The Hall–Kier alpha value is -2.14. The van der Waals surface area contributed by atoms with Crippen molar-refractivity contribution in [1.29, 1.82) is 0 Å². The summed E-state index contributed by atoms with van der Waals surface area (Å²) in [5.41, 5.74) is 7.71. The number of aryl methyl sites for hydroxylation is 1. The number of hydrogen-bond acceptors (Lipinski definition) is 5. The predicted molar refractivity (Wildman–Crippen MR) is 77.0 cm³/mol. The fraction of sp³-hybridized carbons (Fsp3) is 0.0714. The first kappa shape index (κ1) is 11.9. The summed E-state index contributed by atoms with van der Waals surface area (Å²) in [6.45, 7) is 1.97. The number of pyridine rings is 1. The van der Waals surface area contributed by atoms with E-state index in [0.717, 1.165) is 32.1 Å². The van der Waals surface area contributed by atoms with Crippen LogP contribution >= 0.6 is 11.8 Å². The lowest BCUT2D eigenvalue weighted by atomic mass is 10.1. The summed E-state index contributed by atoms with van der Waals surface area (Å²) in [5.74, 6) is 0. The van der Waals surface area contributed by atoms with Crippen LogP contribution in [0.3, 0.4) is 0 Å². The molecule has 4 nitrogen and oxygen atoms in total. The molecule has 0 aliphatic carbocycles. The number of nitrogens with zero attached hydrogens (tertiary/aromatic N) is 3. The molecule has 0 amide bonds. The van der Waals surface area contributed by atoms with Crippen molar-refractivity contribution in [2.75, 3.05) is 5.73 Å². The van der Waals surface area contributed by atoms with E-state index in [-0.39, 0.29) is 0 Å². The Morgan fingerprint density at radius 1 is 1.11 bits per heavy atom. The lowest BCUT2D eigenvalue weighted by Gasteiger charge is -2.08. The summed E-state index contributed by atoms with van der Waals surface area (Å²) in [5, 5.41) is 3.00. The summed E-state index contributed by atoms with van der Waals surface area (Å²) < 4.78 is 0. The molecule has 0 radical (unpaired) electrons. The van der Waals surface area contributed by atoms with Gasteiger partial charge in [0, 0.05) is 39.4 Å². The van der Waals surface area contributed by atoms with Crippen molar-refractivity contribution in [3.8, 4) is 0 Å². The van der Waals surface area contributed by atoms with Gasteiger partial charge in [-0.1, -0.05) is 11.8 Å². The van der Waals surface area contributed by atoms with Gasteiger partial charge >= 0.3 is 0 Å². The first-order chi connectivity index (χ1) is 9.24. The first-order valence-electron chi connectivity index (χ1n) is 5.83. The maximum absolute atomic E-state index is 5.99. The van der Waals surface area contributed by atoms with Gasteiger partial charge in [-0.2, -0.15) is 0 Å². The second-order valence-electron chi connectivity index (χ2n) is 4.17. The minimum absolute atomic E-state index is 0.745. The molecule has 2 N–H and O–H groups in total. The zero-order chi connectivity index (χ0) is 13.2. The second kappa shape index (κ2) is 4.85. The van der Waals surface area contributed by atoms with Crippen LogP contribution in [0.25, 0.3) is 10.8 Å². The lowest BCUT2D eigenvalue weighted by molar-refractivity contribution is 1.05. The van der Waals surface area contributed by atoms with E-state index in [4.69, 9.17) is 5.73 Å². The van der Waals surface area contributed by atoms with Gasteiger partial charge in [-0.15, -0.1) is 0 Å². The molecule has 0 saturated heterocycles. The SMILES string of the molecule is Cc1cc2c(Sc3ccncn3)ccc(N)c2cn1. The molecule has 1 aromatic carbocycles. The van der Waals surface area contributed by atoms with E-state index in [1.165, 1.54) is 0 Å². The standard InChI is InChI=1S/C14H12N4S/c1-9-6-10-11(7-17-9)12(15)2-3-13(10)19-14-4-5-16-8-18-14/h2-8H,15H2,1H3. The van der Waals surface area contributed by atoms with Gasteiger partial charge in [-0.25, -0.2) is 9.97 Å². The van der Waals surface area contributed by atoms with Crippen LogP contribution in [0.5, 0.6) is 0 Å². The van der Waals surface area contributed by atoms with Crippen molar-refractivity contribution >= 4 is 28.2 Å². The quantitative estimate of drug-likeness (QED) is 0.571. The number of nitrogen functional groups attached to an aromatic ring is 1. The third kappa shape index (κ3) is 2.37. The van der Waals surface area contributed by atoms with Gasteiger partial charge < -0.3 is 5.73 Å². The van der Waals surface area contributed by atoms with Crippen LogP contribution in [0.1, 0.15) is 5.69 Å². The van der Waals surface area contributed by atoms with E-state index < -0.39 is 0 Å². The molecule has 0 unspecified atom stereocenters. The molecule has 0 bridgehead atoms. The number of anilines is 1. The van der Waals surface area contributed by atoms with E-state index in [9.17, 15) is 0 Å². The summed E-state index contributed by atoms with van der Waals surface area (Å²) in [6, 6.07) is 7.86. The van der Waals surface area contributed by atoms with E-state index in [1.807, 2.05) is 31.3 Å². The van der Waals surface area contributed by atoms with Crippen molar-refractivity contribution in [3.05, 3.63) is 48.7 Å². The Balaban J connectivity index is 2.13. The minimum atomic E-state index is 0.745. The molecular formula is C14H12N4S. The third-order valence-corrected chi connectivity index (χ3v) is 3.83. The molecule has 0 fully saturated rings. The predicted octanol–water partition coefficient (Wildman–Crippen LogP) is 3.07. The average Bonchev–Trinajstić information content (AvgIpc) is 2.43. The van der Waals surface area contributed by atoms with Gasteiger partial charge in [0.05, 0.1) is 0 Å². The van der Waals surface area contributed by atoms with E-state index >= 15 is 0 Å². The molecule has 0 saturated carbocycles. The summed E-state index contributed by atoms with van der Waals surface area (Å²) >= 11 is 1.60.